The van der Waals surface area contributed by atoms with Crippen molar-refractivity contribution in [3.05, 3.63) is 69.7 Å². The van der Waals surface area contributed by atoms with E-state index in [4.69, 9.17) is 28.0 Å². The highest BCUT2D eigenvalue weighted by molar-refractivity contribution is 6.34. The predicted molar refractivity (Wildman–Crippen MR) is 119 cm³/mol. The summed E-state index contributed by atoms with van der Waals surface area (Å²) < 4.78 is 42.0. The Morgan fingerprint density at radius 1 is 1.09 bits per heavy atom. The van der Waals surface area contributed by atoms with E-state index in [-0.39, 0.29) is 33.1 Å². The molecule has 168 valence electrons. The topological polar surface area (TPSA) is 50.7 Å². The van der Waals surface area contributed by atoms with Crippen molar-refractivity contribution in [2.24, 2.45) is 11.1 Å². The molecule has 0 aromatic heterocycles. The molecule has 1 fully saturated rings. The van der Waals surface area contributed by atoms with E-state index in [1.165, 1.54) is 24.3 Å². The third-order valence-corrected chi connectivity index (χ3v) is 6.09. The van der Waals surface area contributed by atoms with Crippen molar-refractivity contribution in [1.82, 2.24) is 0 Å². The number of nitrogens with zero attached hydrogens (tertiary/aromatic N) is 1. The summed E-state index contributed by atoms with van der Waals surface area (Å²) in [6.45, 7) is 0. The summed E-state index contributed by atoms with van der Waals surface area (Å²) in [4.78, 5) is 17.0. The Labute approximate surface area is 193 Å². The number of nitrogens with one attached hydrogen (secondary N) is 1. The number of carbonyl (C=O) groups is 1. The zero-order valence-electron chi connectivity index (χ0n) is 16.8. The van der Waals surface area contributed by atoms with Crippen molar-refractivity contribution >= 4 is 46.6 Å². The molecule has 0 spiro atoms. The molecule has 1 unspecified atom stereocenters. The molecule has 2 aromatic carbocycles. The van der Waals surface area contributed by atoms with Crippen molar-refractivity contribution in [3.8, 4) is 0 Å². The van der Waals surface area contributed by atoms with Crippen molar-refractivity contribution in [2.45, 2.75) is 37.5 Å². The van der Waals surface area contributed by atoms with Gasteiger partial charge in [-0.1, -0.05) is 53.0 Å². The Bertz CT molecular complexity index is 1060. The van der Waals surface area contributed by atoms with Crippen LogP contribution in [-0.4, -0.2) is 17.8 Å². The van der Waals surface area contributed by atoms with Gasteiger partial charge in [-0.05, 0) is 54.8 Å². The molecule has 1 atom stereocenters. The Kier molecular flexibility index (Phi) is 6.23. The van der Waals surface area contributed by atoms with Crippen LogP contribution < -0.4 is 5.32 Å². The zero-order valence-corrected chi connectivity index (χ0v) is 18.3. The van der Waals surface area contributed by atoms with E-state index in [0.717, 1.165) is 24.8 Å². The largest absolute Gasteiger partial charge is 0.435 e. The first-order chi connectivity index (χ1) is 15.2. The summed E-state index contributed by atoms with van der Waals surface area (Å²) in [6.07, 6.45) is 0.767. The minimum Gasteiger partial charge on any atom is -0.374 e. The lowest BCUT2D eigenvalue weighted by atomic mass is 9.85. The van der Waals surface area contributed by atoms with Gasteiger partial charge in [0, 0.05) is 33.6 Å². The Morgan fingerprint density at radius 2 is 1.75 bits per heavy atom. The Balaban J connectivity index is 1.46. The van der Waals surface area contributed by atoms with Gasteiger partial charge >= 0.3 is 6.18 Å². The smallest absolute Gasteiger partial charge is 0.374 e. The molecule has 1 heterocycles. The van der Waals surface area contributed by atoms with E-state index < -0.39 is 18.2 Å². The second kappa shape index (κ2) is 8.79. The number of hydrogen-bond acceptors (Lipinski definition) is 3. The predicted octanol–water partition coefficient (Wildman–Crippen LogP) is 6.98. The summed E-state index contributed by atoms with van der Waals surface area (Å²) in [5.41, 5.74) is -1.32. The van der Waals surface area contributed by atoms with Gasteiger partial charge in [-0.3, -0.25) is 4.79 Å². The summed E-state index contributed by atoms with van der Waals surface area (Å²) in [5.74, 6) is 0.0971. The van der Waals surface area contributed by atoms with Crippen LogP contribution in [0.1, 0.15) is 36.8 Å². The first kappa shape index (κ1) is 22.7. The highest BCUT2D eigenvalue weighted by Gasteiger charge is 2.62. The highest BCUT2D eigenvalue weighted by atomic mass is 35.5. The fraction of sp³-hybridized carbons (Fsp3) is 0.304. The molecule has 1 amide bonds. The SMILES string of the molecule is O=C(Nc1ccc(/C=C\C2=NOC(c3cc(Cl)cc(Cl)c3)(C(F)(F)F)C2)cc1)C1CCC1. The van der Waals surface area contributed by atoms with Gasteiger partial charge in [-0.2, -0.15) is 13.2 Å². The molecule has 2 aliphatic rings. The first-order valence-corrected chi connectivity index (χ1v) is 10.8. The summed E-state index contributed by atoms with van der Waals surface area (Å²) in [5, 5.41) is 6.69. The molecule has 2 aromatic rings. The fourth-order valence-corrected chi connectivity index (χ4v) is 4.11. The highest BCUT2D eigenvalue weighted by Crippen LogP contribution is 2.49. The molecule has 0 bridgehead atoms. The van der Waals surface area contributed by atoms with Crippen molar-refractivity contribution < 1.29 is 22.8 Å². The van der Waals surface area contributed by atoms with Gasteiger partial charge < -0.3 is 10.2 Å². The van der Waals surface area contributed by atoms with Crippen molar-refractivity contribution in [3.63, 3.8) is 0 Å². The zero-order chi connectivity index (χ0) is 22.9. The van der Waals surface area contributed by atoms with Crippen LogP contribution in [0.15, 0.2) is 53.7 Å². The third kappa shape index (κ3) is 4.64. The molecule has 9 heteroatoms. The van der Waals surface area contributed by atoms with E-state index >= 15 is 0 Å². The number of hydrogen-bond donors (Lipinski definition) is 1. The van der Waals surface area contributed by atoms with Crippen LogP contribution in [0.25, 0.3) is 6.08 Å². The van der Waals surface area contributed by atoms with Crippen LogP contribution >= 0.6 is 23.2 Å². The molecular weight excluding hydrogens is 464 g/mol. The van der Waals surface area contributed by atoms with E-state index in [1.54, 1.807) is 30.3 Å². The lowest BCUT2D eigenvalue weighted by Gasteiger charge is -2.29. The summed E-state index contributed by atoms with van der Waals surface area (Å²) in [6, 6.07) is 10.7. The normalized spacial score (nSPS) is 21.2. The number of rotatable bonds is 5. The molecule has 4 nitrogen and oxygen atoms in total. The molecular formula is C23H19Cl2F3N2O2. The first-order valence-electron chi connectivity index (χ1n) is 10.0. The van der Waals surface area contributed by atoms with Gasteiger partial charge in [0.2, 0.25) is 5.91 Å². The third-order valence-electron chi connectivity index (χ3n) is 5.66. The number of amides is 1. The molecule has 1 aliphatic carbocycles. The number of alkyl halides is 3. The van der Waals surface area contributed by atoms with E-state index in [0.29, 0.717) is 5.69 Å². The van der Waals surface area contributed by atoms with Crippen LogP contribution in [-0.2, 0) is 15.2 Å². The van der Waals surface area contributed by atoms with Crippen LogP contribution in [0.3, 0.4) is 0 Å². The minimum absolute atomic E-state index is 0.0154. The fourth-order valence-electron chi connectivity index (χ4n) is 3.59. The van der Waals surface area contributed by atoms with Crippen LogP contribution in [0.5, 0.6) is 0 Å². The monoisotopic (exact) mass is 482 g/mol. The van der Waals surface area contributed by atoms with Gasteiger partial charge in [-0.25, -0.2) is 0 Å². The molecule has 1 N–H and O–H groups in total. The number of allylic oxidation sites excluding steroid dienone is 1. The number of benzene rings is 2. The number of halogens is 5. The van der Waals surface area contributed by atoms with Crippen molar-refractivity contribution in [2.75, 3.05) is 5.32 Å². The standard InChI is InChI=1S/C23H19Cl2F3N2O2/c24-17-10-16(11-18(25)12-17)22(23(26,27)28)13-20(30-32-22)9-6-14-4-7-19(8-5-14)29-21(31)15-2-1-3-15/h4-12,15H,1-3,13H2,(H,29,31)/b9-6-. The van der Waals surface area contributed by atoms with E-state index in [2.05, 4.69) is 10.5 Å². The molecule has 32 heavy (non-hydrogen) atoms. The van der Waals surface area contributed by atoms with E-state index in [1.807, 2.05) is 0 Å². The molecule has 4 rings (SSSR count). The summed E-state index contributed by atoms with van der Waals surface area (Å²) >= 11 is 11.8. The van der Waals surface area contributed by atoms with Gasteiger partial charge in [0.25, 0.3) is 5.60 Å². The van der Waals surface area contributed by atoms with Crippen LogP contribution in [0, 0.1) is 5.92 Å². The maximum Gasteiger partial charge on any atom is 0.435 e. The van der Waals surface area contributed by atoms with Gasteiger partial charge in [-0.15, -0.1) is 0 Å². The van der Waals surface area contributed by atoms with Crippen LogP contribution in [0.4, 0.5) is 18.9 Å². The number of oxime groups is 1. The maximum absolute atomic E-state index is 14.0. The van der Waals surface area contributed by atoms with Crippen LogP contribution in [0.2, 0.25) is 10.0 Å². The maximum atomic E-state index is 14.0. The summed E-state index contributed by atoms with van der Waals surface area (Å²) in [7, 11) is 0. The second-order valence-electron chi connectivity index (χ2n) is 7.91. The van der Waals surface area contributed by atoms with Gasteiger partial charge in [0.15, 0.2) is 0 Å². The number of anilines is 1. The minimum atomic E-state index is -4.74. The van der Waals surface area contributed by atoms with Gasteiger partial charge in [0.05, 0.1) is 5.71 Å². The Hall–Kier alpha value is -2.51. The Morgan fingerprint density at radius 3 is 2.31 bits per heavy atom. The average Bonchev–Trinajstić information content (AvgIpc) is 3.11. The molecule has 1 saturated carbocycles. The number of carbonyl (C=O) groups excluding carboxylic acids is 1. The van der Waals surface area contributed by atoms with E-state index in [9.17, 15) is 18.0 Å². The molecule has 0 radical (unpaired) electrons. The van der Waals surface area contributed by atoms with Crippen molar-refractivity contribution in [1.29, 1.82) is 0 Å². The quantitative estimate of drug-likeness (QED) is 0.499. The lowest BCUT2D eigenvalue weighted by molar-refractivity contribution is -0.275. The average molecular weight is 483 g/mol. The molecule has 0 saturated heterocycles. The lowest BCUT2D eigenvalue weighted by Crippen LogP contribution is -2.42. The second-order valence-corrected chi connectivity index (χ2v) is 8.78. The van der Waals surface area contributed by atoms with Gasteiger partial charge in [0.1, 0.15) is 0 Å². The molecule has 1 aliphatic heterocycles.